The van der Waals surface area contributed by atoms with Crippen LogP contribution >= 0.6 is 0 Å². The van der Waals surface area contributed by atoms with E-state index in [9.17, 15) is 9.90 Å². The maximum Gasteiger partial charge on any atom is 0.347 e. The molecular formula is C34H52O3. The highest BCUT2D eigenvalue weighted by molar-refractivity contribution is 5.85. The average Bonchev–Trinajstić information content (AvgIpc) is 2.94. The fourth-order valence-corrected chi connectivity index (χ4v) is 5.03. The van der Waals surface area contributed by atoms with Gasteiger partial charge in [0.1, 0.15) is 0 Å². The highest BCUT2D eigenvalue weighted by Crippen LogP contribution is 2.31. The Balaban J connectivity index is 1.48. The third kappa shape index (κ3) is 12.3. The summed E-state index contributed by atoms with van der Waals surface area (Å²) in [6.45, 7) is 2.63. The number of esters is 1. The van der Waals surface area contributed by atoms with E-state index in [0.29, 0.717) is 17.7 Å². The van der Waals surface area contributed by atoms with Crippen LogP contribution in [-0.2, 0) is 15.1 Å². The van der Waals surface area contributed by atoms with Crippen molar-refractivity contribution in [3.63, 3.8) is 0 Å². The van der Waals surface area contributed by atoms with E-state index in [1.54, 1.807) is 24.3 Å². The molecule has 0 radical (unpaired) electrons. The summed E-state index contributed by atoms with van der Waals surface area (Å²) >= 11 is 0. The van der Waals surface area contributed by atoms with Gasteiger partial charge in [-0.15, -0.1) is 0 Å². The zero-order valence-electron chi connectivity index (χ0n) is 23.5. The summed E-state index contributed by atoms with van der Waals surface area (Å²) in [4.78, 5) is 13.0. The first-order chi connectivity index (χ1) is 18.2. The Labute approximate surface area is 227 Å². The van der Waals surface area contributed by atoms with Gasteiger partial charge < -0.3 is 9.84 Å². The van der Waals surface area contributed by atoms with Crippen molar-refractivity contribution in [2.24, 2.45) is 0 Å². The first-order valence-corrected chi connectivity index (χ1v) is 15.2. The van der Waals surface area contributed by atoms with E-state index in [1.165, 1.54) is 103 Å². The molecule has 0 atom stereocenters. The molecule has 3 heteroatoms. The first kappa shape index (κ1) is 31.1. The normalized spacial score (nSPS) is 11.5. The van der Waals surface area contributed by atoms with Gasteiger partial charge in [0.05, 0.1) is 6.61 Å². The molecule has 206 valence electrons. The van der Waals surface area contributed by atoms with Crippen LogP contribution in [0.5, 0.6) is 0 Å². The van der Waals surface area contributed by atoms with Gasteiger partial charge >= 0.3 is 5.97 Å². The lowest BCUT2D eigenvalue weighted by Gasteiger charge is -2.27. The third-order valence-corrected chi connectivity index (χ3v) is 7.41. The second-order valence-electron chi connectivity index (χ2n) is 10.6. The Morgan fingerprint density at radius 2 is 0.892 bits per heavy atom. The summed E-state index contributed by atoms with van der Waals surface area (Å²) in [6, 6.07) is 18.1. The summed E-state index contributed by atoms with van der Waals surface area (Å²) < 4.78 is 5.56. The fourth-order valence-electron chi connectivity index (χ4n) is 5.03. The Hall–Kier alpha value is -2.13. The van der Waals surface area contributed by atoms with Gasteiger partial charge in [-0.2, -0.15) is 0 Å². The summed E-state index contributed by atoms with van der Waals surface area (Å²) in [6.07, 6.45) is 23.9. The zero-order chi connectivity index (χ0) is 26.4. The van der Waals surface area contributed by atoms with Crippen LogP contribution in [0.15, 0.2) is 60.7 Å². The average molecular weight is 509 g/mol. The molecule has 0 aliphatic heterocycles. The molecule has 0 unspecified atom stereocenters. The molecule has 1 N–H and O–H groups in total. The summed E-state index contributed by atoms with van der Waals surface area (Å²) in [5.74, 6) is -0.600. The van der Waals surface area contributed by atoms with Gasteiger partial charge in [-0.05, 0) is 17.5 Å². The quantitative estimate of drug-likeness (QED) is 0.127. The molecule has 0 saturated heterocycles. The minimum atomic E-state index is -1.78. The Bertz CT molecular complexity index is 763. The Kier molecular flexibility index (Phi) is 16.7. The van der Waals surface area contributed by atoms with Gasteiger partial charge in [0.15, 0.2) is 0 Å². The Morgan fingerprint density at radius 1 is 0.568 bits per heavy atom. The van der Waals surface area contributed by atoms with Crippen LogP contribution in [0, 0.1) is 0 Å². The van der Waals surface area contributed by atoms with Crippen molar-refractivity contribution in [1.29, 1.82) is 0 Å². The van der Waals surface area contributed by atoms with Gasteiger partial charge in [0.2, 0.25) is 5.60 Å². The second-order valence-corrected chi connectivity index (χ2v) is 10.6. The van der Waals surface area contributed by atoms with E-state index in [2.05, 4.69) is 6.92 Å². The van der Waals surface area contributed by atoms with Gasteiger partial charge in [0.25, 0.3) is 0 Å². The van der Waals surface area contributed by atoms with Gasteiger partial charge in [0, 0.05) is 0 Å². The van der Waals surface area contributed by atoms with E-state index >= 15 is 0 Å². The van der Waals surface area contributed by atoms with Crippen LogP contribution in [0.1, 0.15) is 134 Å². The van der Waals surface area contributed by atoms with E-state index in [4.69, 9.17) is 4.74 Å². The SMILES string of the molecule is CCCCCCCCCCCCCCCCCCCCOC(=O)C(O)(c1ccccc1)c1ccccc1. The van der Waals surface area contributed by atoms with Crippen LogP contribution in [-0.4, -0.2) is 17.7 Å². The summed E-state index contributed by atoms with van der Waals surface area (Å²) in [5, 5.41) is 11.4. The molecule has 37 heavy (non-hydrogen) atoms. The number of carbonyl (C=O) groups is 1. The lowest BCUT2D eigenvalue weighted by atomic mass is 9.86. The molecule has 2 rings (SSSR count). The van der Waals surface area contributed by atoms with Gasteiger partial charge in [-0.3, -0.25) is 0 Å². The van der Waals surface area contributed by atoms with Crippen molar-refractivity contribution >= 4 is 5.97 Å². The summed E-state index contributed by atoms with van der Waals surface area (Å²) in [5.41, 5.74) is -0.718. The molecular weight excluding hydrogens is 456 g/mol. The number of rotatable bonds is 22. The number of carbonyl (C=O) groups excluding carboxylic acids is 1. The molecule has 0 spiro atoms. The number of ether oxygens (including phenoxy) is 1. The molecule has 3 nitrogen and oxygen atoms in total. The van der Waals surface area contributed by atoms with E-state index in [1.807, 2.05) is 36.4 Å². The lowest BCUT2D eigenvalue weighted by Crippen LogP contribution is -2.38. The van der Waals surface area contributed by atoms with E-state index in [0.717, 1.165) is 12.8 Å². The van der Waals surface area contributed by atoms with Crippen molar-refractivity contribution in [3.8, 4) is 0 Å². The molecule has 0 aliphatic carbocycles. The molecule has 0 bridgehead atoms. The number of hydrogen-bond acceptors (Lipinski definition) is 3. The van der Waals surface area contributed by atoms with Crippen molar-refractivity contribution in [1.82, 2.24) is 0 Å². The summed E-state index contributed by atoms with van der Waals surface area (Å²) in [7, 11) is 0. The van der Waals surface area contributed by atoms with Crippen LogP contribution in [0.2, 0.25) is 0 Å². The number of aliphatic hydroxyl groups is 1. The van der Waals surface area contributed by atoms with Crippen molar-refractivity contribution in [2.75, 3.05) is 6.61 Å². The third-order valence-electron chi connectivity index (χ3n) is 7.41. The maximum atomic E-state index is 13.0. The maximum absolute atomic E-state index is 13.0. The monoisotopic (exact) mass is 508 g/mol. The molecule has 0 heterocycles. The molecule has 0 aromatic heterocycles. The second kappa shape index (κ2) is 19.9. The van der Waals surface area contributed by atoms with Crippen LogP contribution in [0.4, 0.5) is 0 Å². The topological polar surface area (TPSA) is 46.5 Å². The number of unbranched alkanes of at least 4 members (excludes halogenated alkanes) is 17. The molecule has 2 aromatic rings. The van der Waals surface area contributed by atoms with Gasteiger partial charge in [-0.25, -0.2) is 4.79 Å². The molecule has 0 amide bonds. The Morgan fingerprint density at radius 3 is 1.24 bits per heavy atom. The van der Waals surface area contributed by atoms with Crippen molar-refractivity contribution < 1.29 is 14.6 Å². The van der Waals surface area contributed by atoms with Gasteiger partial charge in [-0.1, -0.05) is 177 Å². The largest absolute Gasteiger partial charge is 0.463 e. The van der Waals surface area contributed by atoms with Crippen LogP contribution in [0.25, 0.3) is 0 Å². The minimum Gasteiger partial charge on any atom is -0.463 e. The van der Waals surface area contributed by atoms with Crippen LogP contribution in [0.3, 0.4) is 0 Å². The smallest absolute Gasteiger partial charge is 0.347 e. The van der Waals surface area contributed by atoms with Crippen LogP contribution < -0.4 is 0 Å². The highest BCUT2D eigenvalue weighted by atomic mass is 16.5. The molecule has 0 saturated carbocycles. The zero-order valence-corrected chi connectivity index (χ0v) is 23.5. The predicted molar refractivity (Wildman–Crippen MR) is 156 cm³/mol. The number of benzene rings is 2. The standard InChI is InChI=1S/C34H52O3/c1-2-3-4-5-6-7-8-9-10-11-12-13-14-15-16-17-18-25-30-37-33(35)34(36,31-26-21-19-22-27-31)32-28-23-20-24-29-32/h19-24,26-29,36H,2-18,25,30H2,1H3. The predicted octanol–water partition coefficient (Wildman–Crippen LogP) is 9.51. The minimum absolute atomic E-state index is 0.347. The molecule has 2 aromatic carbocycles. The van der Waals surface area contributed by atoms with E-state index < -0.39 is 11.6 Å². The molecule has 0 fully saturated rings. The van der Waals surface area contributed by atoms with Crippen molar-refractivity contribution in [2.45, 2.75) is 128 Å². The lowest BCUT2D eigenvalue weighted by molar-refractivity contribution is -0.162. The van der Waals surface area contributed by atoms with Crippen molar-refractivity contribution in [3.05, 3.63) is 71.8 Å². The first-order valence-electron chi connectivity index (χ1n) is 15.2. The fraction of sp³-hybridized carbons (Fsp3) is 0.618. The molecule has 0 aliphatic rings. The highest BCUT2D eigenvalue weighted by Gasteiger charge is 2.41. The van der Waals surface area contributed by atoms with E-state index in [-0.39, 0.29) is 0 Å². The number of hydrogen-bond donors (Lipinski definition) is 1.